The maximum Gasteiger partial charge on any atom is 0.228 e. The largest absolute Gasteiger partial charge is 0.356 e. The fourth-order valence-electron chi connectivity index (χ4n) is 1.30. The minimum Gasteiger partial charge on any atom is -0.356 e. The van der Waals surface area contributed by atoms with Gasteiger partial charge < -0.3 is 14.8 Å². The molecule has 1 fully saturated rings. The highest BCUT2D eigenvalue weighted by molar-refractivity contribution is 5.80. The van der Waals surface area contributed by atoms with Gasteiger partial charge in [-0.1, -0.05) is 0 Å². The second-order valence-corrected chi connectivity index (χ2v) is 2.53. The van der Waals surface area contributed by atoms with Crippen LogP contribution in [0, 0.1) is 5.92 Å². The average molecular weight is 159 g/mol. The molecule has 0 radical (unpaired) electrons. The molecule has 11 heavy (non-hydrogen) atoms. The Morgan fingerprint density at radius 1 is 1.55 bits per heavy atom. The molecule has 1 aliphatic heterocycles. The zero-order valence-electron chi connectivity index (χ0n) is 6.79. The number of hydrogen-bond donors (Lipinski definition) is 1. The van der Waals surface area contributed by atoms with Crippen molar-refractivity contribution in [2.24, 2.45) is 5.92 Å². The Morgan fingerprint density at radius 2 is 2.18 bits per heavy atom. The van der Waals surface area contributed by atoms with Crippen molar-refractivity contribution in [3.05, 3.63) is 0 Å². The Labute approximate surface area is 65.9 Å². The molecule has 0 bridgehead atoms. The van der Waals surface area contributed by atoms with Gasteiger partial charge in [0.15, 0.2) is 6.29 Å². The SMILES string of the molecule is COC(OC)C1CCNC1=O. The normalized spacial score (nSPS) is 24.3. The van der Waals surface area contributed by atoms with Crippen molar-refractivity contribution in [2.75, 3.05) is 20.8 Å². The Balaban J connectivity index is 2.49. The van der Waals surface area contributed by atoms with E-state index in [-0.39, 0.29) is 11.8 Å². The van der Waals surface area contributed by atoms with Crippen LogP contribution in [0.5, 0.6) is 0 Å². The van der Waals surface area contributed by atoms with E-state index < -0.39 is 6.29 Å². The summed E-state index contributed by atoms with van der Waals surface area (Å²) in [5, 5.41) is 2.72. The van der Waals surface area contributed by atoms with Gasteiger partial charge in [0.25, 0.3) is 0 Å². The third-order valence-electron chi connectivity index (χ3n) is 1.88. The van der Waals surface area contributed by atoms with Crippen molar-refractivity contribution < 1.29 is 14.3 Å². The number of amides is 1. The van der Waals surface area contributed by atoms with Crippen LogP contribution in [0.4, 0.5) is 0 Å². The van der Waals surface area contributed by atoms with Gasteiger partial charge in [-0.05, 0) is 6.42 Å². The molecule has 64 valence electrons. The van der Waals surface area contributed by atoms with Crippen molar-refractivity contribution in [3.8, 4) is 0 Å². The molecular weight excluding hydrogens is 146 g/mol. The zero-order chi connectivity index (χ0) is 8.27. The number of carbonyl (C=O) groups is 1. The van der Waals surface area contributed by atoms with Crippen molar-refractivity contribution in [1.82, 2.24) is 5.32 Å². The van der Waals surface area contributed by atoms with E-state index in [1.54, 1.807) is 14.2 Å². The molecule has 1 atom stereocenters. The number of nitrogens with one attached hydrogen (secondary N) is 1. The lowest BCUT2D eigenvalue weighted by Gasteiger charge is -2.17. The lowest BCUT2D eigenvalue weighted by molar-refractivity contribution is -0.153. The van der Waals surface area contributed by atoms with E-state index in [9.17, 15) is 4.79 Å². The van der Waals surface area contributed by atoms with Crippen molar-refractivity contribution in [1.29, 1.82) is 0 Å². The average Bonchev–Trinajstić information content (AvgIpc) is 2.40. The Kier molecular flexibility index (Phi) is 2.84. The maximum atomic E-state index is 11.1. The van der Waals surface area contributed by atoms with Crippen molar-refractivity contribution >= 4 is 5.91 Å². The van der Waals surface area contributed by atoms with Gasteiger partial charge in [0.1, 0.15) is 0 Å². The third kappa shape index (κ3) is 1.70. The molecule has 0 aromatic carbocycles. The first kappa shape index (κ1) is 8.49. The number of ether oxygens (including phenoxy) is 2. The van der Waals surface area contributed by atoms with Crippen LogP contribution >= 0.6 is 0 Å². The summed E-state index contributed by atoms with van der Waals surface area (Å²) in [4.78, 5) is 11.1. The number of hydrogen-bond acceptors (Lipinski definition) is 3. The lowest BCUT2D eigenvalue weighted by Crippen LogP contribution is -2.31. The van der Waals surface area contributed by atoms with Crippen LogP contribution in [-0.2, 0) is 14.3 Å². The van der Waals surface area contributed by atoms with Gasteiger partial charge in [0, 0.05) is 20.8 Å². The summed E-state index contributed by atoms with van der Waals surface area (Å²) in [5.41, 5.74) is 0. The summed E-state index contributed by atoms with van der Waals surface area (Å²) in [6, 6.07) is 0. The van der Waals surface area contributed by atoms with Crippen LogP contribution in [0.15, 0.2) is 0 Å². The summed E-state index contributed by atoms with van der Waals surface area (Å²) >= 11 is 0. The van der Waals surface area contributed by atoms with Gasteiger partial charge in [0.05, 0.1) is 5.92 Å². The fourth-order valence-corrected chi connectivity index (χ4v) is 1.30. The van der Waals surface area contributed by atoms with E-state index in [2.05, 4.69) is 5.32 Å². The highest BCUT2D eigenvalue weighted by Gasteiger charge is 2.32. The van der Waals surface area contributed by atoms with Crippen LogP contribution in [0.25, 0.3) is 0 Å². The smallest absolute Gasteiger partial charge is 0.228 e. The highest BCUT2D eigenvalue weighted by Crippen LogP contribution is 2.16. The van der Waals surface area contributed by atoms with Gasteiger partial charge >= 0.3 is 0 Å². The van der Waals surface area contributed by atoms with Crippen molar-refractivity contribution in [3.63, 3.8) is 0 Å². The Hall–Kier alpha value is -0.610. The maximum absolute atomic E-state index is 11.1. The van der Waals surface area contributed by atoms with E-state index in [0.717, 1.165) is 13.0 Å². The molecule has 4 nitrogen and oxygen atoms in total. The standard InChI is InChI=1S/C7H13NO3/c1-10-7(11-2)5-3-4-8-6(5)9/h5,7H,3-4H2,1-2H3,(H,8,9). The molecule has 4 heteroatoms. The van der Waals surface area contributed by atoms with E-state index in [0.29, 0.717) is 0 Å². The number of carbonyl (C=O) groups excluding carboxylic acids is 1. The monoisotopic (exact) mass is 159 g/mol. The molecule has 0 aromatic heterocycles. The molecular formula is C7H13NO3. The van der Waals surface area contributed by atoms with E-state index >= 15 is 0 Å². The van der Waals surface area contributed by atoms with Crippen LogP contribution in [0.1, 0.15) is 6.42 Å². The first-order valence-corrected chi connectivity index (χ1v) is 3.63. The summed E-state index contributed by atoms with van der Waals surface area (Å²) in [7, 11) is 3.08. The van der Waals surface area contributed by atoms with Gasteiger partial charge in [-0.25, -0.2) is 0 Å². The molecule has 1 N–H and O–H groups in total. The van der Waals surface area contributed by atoms with E-state index in [4.69, 9.17) is 9.47 Å². The van der Waals surface area contributed by atoms with Crippen LogP contribution in [-0.4, -0.2) is 33.0 Å². The number of rotatable bonds is 3. The predicted molar refractivity (Wildman–Crippen MR) is 38.9 cm³/mol. The molecule has 0 aliphatic carbocycles. The quantitative estimate of drug-likeness (QED) is 0.577. The minimum atomic E-state index is -0.391. The molecule has 0 spiro atoms. The second kappa shape index (κ2) is 3.69. The van der Waals surface area contributed by atoms with Crippen LogP contribution < -0.4 is 5.32 Å². The molecule has 0 aromatic rings. The number of methoxy groups -OCH3 is 2. The molecule has 1 saturated heterocycles. The first-order valence-electron chi connectivity index (χ1n) is 3.63. The van der Waals surface area contributed by atoms with Crippen LogP contribution in [0.3, 0.4) is 0 Å². The summed E-state index contributed by atoms with van der Waals surface area (Å²) in [6.07, 6.45) is 0.406. The Bertz CT molecular complexity index is 145. The first-order chi connectivity index (χ1) is 5.29. The molecule has 0 saturated carbocycles. The molecule has 1 rings (SSSR count). The molecule has 1 aliphatic rings. The van der Waals surface area contributed by atoms with Gasteiger partial charge in [-0.2, -0.15) is 0 Å². The fraction of sp³-hybridized carbons (Fsp3) is 0.857. The van der Waals surface area contributed by atoms with Crippen molar-refractivity contribution in [2.45, 2.75) is 12.7 Å². The zero-order valence-corrected chi connectivity index (χ0v) is 6.79. The molecule has 1 heterocycles. The van der Waals surface area contributed by atoms with E-state index in [1.165, 1.54) is 0 Å². The second-order valence-electron chi connectivity index (χ2n) is 2.53. The van der Waals surface area contributed by atoms with Crippen LogP contribution in [0.2, 0.25) is 0 Å². The summed E-state index contributed by atoms with van der Waals surface area (Å²) < 4.78 is 9.94. The molecule has 1 amide bonds. The summed E-state index contributed by atoms with van der Waals surface area (Å²) in [5.74, 6) is -0.108. The minimum absolute atomic E-state index is 0.0266. The van der Waals surface area contributed by atoms with Gasteiger partial charge in [-0.15, -0.1) is 0 Å². The van der Waals surface area contributed by atoms with Gasteiger partial charge in [-0.3, -0.25) is 4.79 Å². The lowest BCUT2D eigenvalue weighted by atomic mass is 10.1. The third-order valence-corrected chi connectivity index (χ3v) is 1.88. The topological polar surface area (TPSA) is 47.6 Å². The van der Waals surface area contributed by atoms with Gasteiger partial charge in [0.2, 0.25) is 5.91 Å². The van der Waals surface area contributed by atoms with E-state index in [1.807, 2.05) is 0 Å². The predicted octanol–water partition coefficient (Wildman–Crippen LogP) is -0.259. The molecule has 1 unspecified atom stereocenters. The highest BCUT2D eigenvalue weighted by atomic mass is 16.7. The summed E-state index contributed by atoms with van der Waals surface area (Å²) in [6.45, 7) is 0.729. The Morgan fingerprint density at radius 3 is 2.55 bits per heavy atom.